The Morgan fingerprint density at radius 2 is 1.76 bits per heavy atom. The first kappa shape index (κ1) is 23.1. The zero-order chi connectivity index (χ0) is 23.8. The van der Waals surface area contributed by atoms with Crippen LogP contribution in [-0.2, 0) is 26.8 Å². The van der Waals surface area contributed by atoms with Crippen molar-refractivity contribution < 1.29 is 17.5 Å². The lowest BCUT2D eigenvalue weighted by atomic mass is 9.82. The Bertz CT molecular complexity index is 1230. The van der Waals surface area contributed by atoms with E-state index in [1.165, 1.54) is 10.4 Å². The Morgan fingerprint density at radius 1 is 1.06 bits per heavy atom. The number of halogens is 1. The van der Waals surface area contributed by atoms with E-state index in [1.807, 2.05) is 47.9 Å². The van der Waals surface area contributed by atoms with Gasteiger partial charge in [-0.1, -0.05) is 42.5 Å². The van der Waals surface area contributed by atoms with Gasteiger partial charge in [0.15, 0.2) is 0 Å². The normalized spacial score (nSPS) is 24.6. The maximum atomic E-state index is 15.5. The lowest BCUT2D eigenvalue weighted by Crippen LogP contribution is -2.45. The molecule has 0 amide bonds. The fraction of sp³-hybridized carbons (Fsp3) is 0.440. The molecule has 0 aliphatic carbocycles. The molecule has 0 radical (unpaired) electrons. The minimum atomic E-state index is -3.63. The van der Waals surface area contributed by atoms with Crippen molar-refractivity contribution in [1.82, 2.24) is 19.1 Å². The first-order valence-electron chi connectivity index (χ1n) is 11.7. The maximum absolute atomic E-state index is 15.5. The molecule has 2 atom stereocenters. The molecule has 0 unspecified atom stereocenters. The lowest BCUT2D eigenvalue weighted by Gasteiger charge is -2.39. The first-order chi connectivity index (χ1) is 16.4. The van der Waals surface area contributed by atoms with Crippen molar-refractivity contribution in [2.45, 2.75) is 56.0 Å². The predicted molar refractivity (Wildman–Crippen MR) is 126 cm³/mol. The topological polar surface area (TPSA) is 77.3 Å². The molecule has 3 aromatic rings. The molecular formula is C25H29FN4O3S. The first-order valence-corrected chi connectivity index (χ1v) is 13.2. The molecule has 0 N–H and O–H groups in total. The molecular weight excluding hydrogens is 455 g/mol. The van der Waals surface area contributed by atoms with E-state index >= 15 is 4.39 Å². The summed E-state index contributed by atoms with van der Waals surface area (Å²) < 4.78 is 51.5. The van der Waals surface area contributed by atoms with Gasteiger partial charge < -0.3 is 9.30 Å². The van der Waals surface area contributed by atoms with Crippen LogP contribution < -0.4 is 0 Å². The summed E-state index contributed by atoms with van der Waals surface area (Å²) in [5, 5.41) is 7.29. The Morgan fingerprint density at radius 3 is 2.44 bits per heavy atom. The predicted octanol–water partition coefficient (Wildman–Crippen LogP) is 4.03. The molecule has 3 heterocycles. The molecule has 2 aliphatic rings. The zero-order valence-corrected chi connectivity index (χ0v) is 20.0. The molecule has 9 heteroatoms. The summed E-state index contributed by atoms with van der Waals surface area (Å²) >= 11 is 0. The summed E-state index contributed by atoms with van der Waals surface area (Å²) in [6.07, 6.45) is 5.97. The van der Waals surface area contributed by atoms with E-state index in [9.17, 15) is 8.42 Å². The molecule has 5 rings (SSSR count). The fourth-order valence-electron chi connectivity index (χ4n) is 5.31. The minimum Gasteiger partial charge on any atom is -0.381 e. The number of aromatic nitrogens is 3. The molecule has 34 heavy (non-hydrogen) atoms. The van der Waals surface area contributed by atoms with Crippen molar-refractivity contribution in [3.8, 4) is 0 Å². The molecule has 180 valence electrons. The van der Waals surface area contributed by atoms with Gasteiger partial charge >= 0.3 is 0 Å². The molecule has 0 spiro atoms. The van der Waals surface area contributed by atoms with Crippen LogP contribution in [0, 0.1) is 5.82 Å². The Hall–Kier alpha value is -2.62. The van der Waals surface area contributed by atoms with Gasteiger partial charge in [-0.2, -0.15) is 4.31 Å². The van der Waals surface area contributed by atoms with Crippen LogP contribution in [0.25, 0.3) is 0 Å². The smallest absolute Gasteiger partial charge is 0.221 e. The SMILES string of the molecule is C[C@H]1CC[C@H](c2ccccc2)S(=O)(=O)N1Cc1ccc(C2(n3cnnc3)CCOCC2)cc1F. The standard InChI is InChI=1S/C25H29FN4O3S/c1-19-7-10-24(20-5-3-2-4-6-20)34(31,32)30(19)16-21-8-9-22(15-23(21)26)25(11-13-33-14-12-25)29-17-27-28-18-29/h2-6,8-9,15,17-19,24H,7,10-14,16H2,1H3/t19-,24+/m0/s1. The third-order valence-corrected chi connectivity index (χ3v) is 9.72. The second-order valence-electron chi connectivity index (χ2n) is 9.24. The number of hydrogen-bond acceptors (Lipinski definition) is 5. The highest BCUT2D eigenvalue weighted by Crippen LogP contribution is 2.40. The molecule has 2 aliphatic heterocycles. The number of ether oxygens (including phenoxy) is 1. The average Bonchev–Trinajstić information content (AvgIpc) is 3.39. The van der Waals surface area contributed by atoms with Gasteiger partial charge in [0, 0.05) is 31.4 Å². The van der Waals surface area contributed by atoms with Crippen molar-refractivity contribution in [2.75, 3.05) is 13.2 Å². The van der Waals surface area contributed by atoms with E-state index in [4.69, 9.17) is 4.74 Å². The van der Waals surface area contributed by atoms with Crippen molar-refractivity contribution in [3.63, 3.8) is 0 Å². The number of nitrogens with zero attached hydrogens (tertiary/aromatic N) is 4. The summed E-state index contributed by atoms with van der Waals surface area (Å²) in [5.41, 5.74) is 1.49. The summed E-state index contributed by atoms with van der Waals surface area (Å²) in [5.74, 6) is -0.402. The summed E-state index contributed by atoms with van der Waals surface area (Å²) in [7, 11) is -3.63. The van der Waals surface area contributed by atoms with Gasteiger partial charge in [-0.3, -0.25) is 0 Å². The molecule has 7 nitrogen and oxygen atoms in total. The van der Waals surface area contributed by atoms with Crippen molar-refractivity contribution in [2.24, 2.45) is 0 Å². The molecule has 2 fully saturated rings. The Balaban J connectivity index is 1.45. The van der Waals surface area contributed by atoms with Gasteiger partial charge in [-0.25, -0.2) is 12.8 Å². The molecule has 0 bridgehead atoms. The average molecular weight is 485 g/mol. The van der Waals surface area contributed by atoms with Gasteiger partial charge in [0.2, 0.25) is 10.0 Å². The van der Waals surface area contributed by atoms with Crippen LogP contribution in [0.3, 0.4) is 0 Å². The van der Waals surface area contributed by atoms with Crippen LogP contribution in [0.1, 0.15) is 54.5 Å². The minimum absolute atomic E-state index is 0.0156. The quantitative estimate of drug-likeness (QED) is 0.547. The monoisotopic (exact) mass is 484 g/mol. The van der Waals surface area contributed by atoms with Crippen LogP contribution in [0.15, 0.2) is 61.2 Å². The van der Waals surface area contributed by atoms with Crippen LogP contribution >= 0.6 is 0 Å². The summed E-state index contributed by atoms with van der Waals surface area (Å²) in [6.45, 7) is 3.04. The van der Waals surface area contributed by atoms with Gasteiger partial charge in [0.25, 0.3) is 0 Å². The number of sulfonamides is 1. The maximum Gasteiger partial charge on any atom is 0.221 e. The highest BCUT2D eigenvalue weighted by molar-refractivity contribution is 7.89. The number of rotatable bonds is 5. The lowest BCUT2D eigenvalue weighted by molar-refractivity contribution is 0.0384. The second-order valence-corrected chi connectivity index (χ2v) is 11.3. The summed E-state index contributed by atoms with van der Waals surface area (Å²) in [4.78, 5) is 0. The number of benzene rings is 2. The molecule has 2 aromatic carbocycles. The van der Waals surface area contributed by atoms with E-state index in [0.717, 1.165) is 17.5 Å². The summed E-state index contributed by atoms with van der Waals surface area (Å²) in [6, 6.07) is 14.3. The molecule has 1 aromatic heterocycles. The highest BCUT2D eigenvalue weighted by atomic mass is 32.2. The third-order valence-electron chi connectivity index (χ3n) is 7.35. The van der Waals surface area contributed by atoms with E-state index in [-0.39, 0.29) is 12.6 Å². The second kappa shape index (κ2) is 9.20. The van der Waals surface area contributed by atoms with Gasteiger partial charge in [-0.15, -0.1) is 10.2 Å². The van der Waals surface area contributed by atoms with Gasteiger partial charge in [0.1, 0.15) is 23.7 Å². The zero-order valence-electron chi connectivity index (χ0n) is 19.2. The van der Waals surface area contributed by atoms with Crippen LogP contribution in [0.4, 0.5) is 4.39 Å². The largest absolute Gasteiger partial charge is 0.381 e. The van der Waals surface area contributed by atoms with Crippen LogP contribution in [-0.4, -0.2) is 46.7 Å². The van der Waals surface area contributed by atoms with E-state index in [0.29, 0.717) is 38.0 Å². The van der Waals surface area contributed by atoms with Crippen molar-refractivity contribution in [1.29, 1.82) is 0 Å². The molecule has 0 saturated carbocycles. The van der Waals surface area contributed by atoms with E-state index in [2.05, 4.69) is 10.2 Å². The number of hydrogen-bond donors (Lipinski definition) is 0. The van der Waals surface area contributed by atoms with Crippen LogP contribution in [0.5, 0.6) is 0 Å². The Kier molecular flexibility index (Phi) is 6.26. The van der Waals surface area contributed by atoms with Crippen LogP contribution in [0.2, 0.25) is 0 Å². The van der Waals surface area contributed by atoms with Gasteiger partial charge in [0.05, 0.1) is 5.54 Å². The highest BCUT2D eigenvalue weighted by Gasteiger charge is 2.41. The van der Waals surface area contributed by atoms with E-state index < -0.39 is 26.6 Å². The van der Waals surface area contributed by atoms with Crippen molar-refractivity contribution >= 4 is 10.0 Å². The van der Waals surface area contributed by atoms with E-state index in [1.54, 1.807) is 18.7 Å². The molecule has 2 saturated heterocycles. The van der Waals surface area contributed by atoms with Gasteiger partial charge in [-0.05, 0) is 49.8 Å². The third kappa shape index (κ3) is 4.06. The fourth-order valence-corrected chi connectivity index (χ4v) is 7.50. The van der Waals surface area contributed by atoms with Crippen molar-refractivity contribution in [3.05, 3.63) is 83.7 Å². The Labute approximate surface area is 199 Å².